The van der Waals surface area contributed by atoms with Gasteiger partial charge in [-0.05, 0) is 46.6 Å². The highest BCUT2D eigenvalue weighted by molar-refractivity contribution is 6.43. The van der Waals surface area contributed by atoms with E-state index in [0.29, 0.717) is 53.1 Å². The van der Waals surface area contributed by atoms with Crippen LogP contribution in [0.5, 0.6) is 0 Å². The number of rotatable bonds is 3. The van der Waals surface area contributed by atoms with E-state index in [1.165, 1.54) is 0 Å². The van der Waals surface area contributed by atoms with Gasteiger partial charge in [-0.1, -0.05) is 35.3 Å². The monoisotopic (exact) mass is 461 g/mol. The average molecular weight is 462 g/mol. The molecule has 0 bridgehead atoms. The van der Waals surface area contributed by atoms with Gasteiger partial charge >= 0.3 is 6.09 Å². The second kappa shape index (κ2) is 8.89. The summed E-state index contributed by atoms with van der Waals surface area (Å²) >= 11 is 12.4. The number of alkyl carbamates (subject to hydrolysis) is 1. The molecule has 31 heavy (non-hydrogen) atoms. The van der Waals surface area contributed by atoms with Crippen molar-refractivity contribution >= 4 is 35.1 Å². The second-order valence-electron chi connectivity index (χ2n) is 8.81. The van der Waals surface area contributed by atoms with Gasteiger partial charge in [0.1, 0.15) is 23.2 Å². The summed E-state index contributed by atoms with van der Waals surface area (Å²) in [7, 11) is 0. The summed E-state index contributed by atoms with van der Waals surface area (Å²) in [4.78, 5) is 23.2. The van der Waals surface area contributed by atoms with E-state index in [1.807, 2.05) is 27.7 Å². The zero-order valence-corrected chi connectivity index (χ0v) is 19.5. The van der Waals surface area contributed by atoms with Crippen LogP contribution in [-0.2, 0) is 4.74 Å². The van der Waals surface area contributed by atoms with E-state index in [0.717, 1.165) is 0 Å². The van der Waals surface area contributed by atoms with E-state index in [9.17, 15) is 10.1 Å². The van der Waals surface area contributed by atoms with Gasteiger partial charge in [0.25, 0.3) is 0 Å². The lowest BCUT2D eigenvalue weighted by molar-refractivity contribution is 0.0448. The Hall–Kier alpha value is -2.56. The number of nitrogens with zero attached hydrogens (tertiary/aromatic N) is 4. The van der Waals surface area contributed by atoms with Crippen LogP contribution in [0.4, 0.5) is 10.6 Å². The van der Waals surface area contributed by atoms with Crippen molar-refractivity contribution in [2.45, 2.75) is 51.7 Å². The van der Waals surface area contributed by atoms with Gasteiger partial charge in [0.05, 0.1) is 16.2 Å². The highest BCUT2D eigenvalue weighted by Gasteiger charge is 2.33. The van der Waals surface area contributed by atoms with Gasteiger partial charge in [-0.25, -0.2) is 14.8 Å². The third-order valence-electron chi connectivity index (χ3n) is 5.07. The highest BCUT2D eigenvalue weighted by atomic mass is 35.5. The summed E-state index contributed by atoms with van der Waals surface area (Å²) in [5, 5.41) is 13.3. The molecule has 2 heterocycles. The molecule has 1 amide bonds. The van der Waals surface area contributed by atoms with Gasteiger partial charge in [0.15, 0.2) is 5.69 Å². The third kappa shape index (κ3) is 5.57. The molecule has 2 aromatic rings. The smallest absolute Gasteiger partial charge is 0.408 e. The number of aromatic nitrogens is 2. The fourth-order valence-corrected chi connectivity index (χ4v) is 3.79. The quantitative estimate of drug-likeness (QED) is 0.674. The van der Waals surface area contributed by atoms with Gasteiger partial charge in [-0.15, -0.1) is 0 Å². The van der Waals surface area contributed by atoms with Crippen LogP contribution in [0.25, 0.3) is 11.3 Å². The van der Waals surface area contributed by atoms with E-state index in [4.69, 9.17) is 27.9 Å². The molecule has 0 aliphatic carbocycles. The Bertz CT molecular complexity index is 1020. The molecular weight excluding hydrogens is 437 g/mol. The van der Waals surface area contributed by atoms with Crippen LogP contribution in [0, 0.1) is 11.3 Å². The maximum Gasteiger partial charge on any atom is 0.408 e. The molecule has 1 fully saturated rings. The van der Waals surface area contributed by atoms with Crippen LogP contribution in [0.1, 0.15) is 46.2 Å². The van der Waals surface area contributed by atoms with Crippen molar-refractivity contribution < 1.29 is 9.53 Å². The van der Waals surface area contributed by atoms with Crippen molar-refractivity contribution in [3.63, 3.8) is 0 Å². The molecule has 0 atom stereocenters. The summed E-state index contributed by atoms with van der Waals surface area (Å²) in [5.74, 6) is 0.609. The molecule has 0 radical (unpaired) electrons. The van der Waals surface area contributed by atoms with Gasteiger partial charge in [0.2, 0.25) is 0 Å². The number of piperidine rings is 1. The first-order valence-electron chi connectivity index (χ1n) is 9.99. The molecule has 0 saturated carbocycles. The van der Waals surface area contributed by atoms with Crippen molar-refractivity contribution in [3.8, 4) is 17.3 Å². The van der Waals surface area contributed by atoms with Crippen molar-refractivity contribution in [1.29, 1.82) is 5.26 Å². The topological polar surface area (TPSA) is 91.1 Å². The van der Waals surface area contributed by atoms with Crippen molar-refractivity contribution in [2.24, 2.45) is 0 Å². The number of hydrogen-bond donors (Lipinski definition) is 1. The molecular formula is C22H25Cl2N5O2. The molecule has 1 N–H and O–H groups in total. The van der Waals surface area contributed by atoms with Crippen LogP contribution < -0.4 is 10.2 Å². The van der Waals surface area contributed by atoms with Crippen molar-refractivity contribution in [1.82, 2.24) is 15.3 Å². The number of nitrogens with one attached hydrogen (secondary N) is 1. The first-order chi connectivity index (χ1) is 14.5. The number of carbonyl (C=O) groups excluding carboxylic acids is 1. The Morgan fingerprint density at radius 2 is 1.97 bits per heavy atom. The van der Waals surface area contributed by atoms with Crippen molar-refractivity contribution in [3.05, 3.63) is 40.1 Å². The largest absolute Gasteiger partial charge is 0.444 e. The zero-order valence-electron chi connectivity index (χ0n) is 18.0. The maximum atomic E-state index is 12.2. The number of halogens is 2. The van der Waals surface area contributed by atoms with E-state index in [-0.39, 0.29) is 11.2 Å². The van der Waals surface area contributed by atoms with Crippen LogP contribution in [0.3, 0.4) is 0 Å². The minimum atomic E-state index is -0.544. The number of anilines is 1. The number of benzene rings is 1. The normalized spacial score (nSPS) is 15.8. The summed E-state index contributed by atoms with van der Waals surface area (Å²) < 4.78 is 5.38. The molecule has 0 unspecified atom stereocenters. The van der Waals surface area contributed by atoms with Gasteiger partial charge in [-0.2, -0.15) is 5.26 Å². The lowest BCUT2D eigenvalue weighted by atomic mass is 9.90. The van der Waals surface area contributed by atoms with Gasteiger partial charge < -0.3 is 15.0 Å². The Balaban J connectivity index is 1.73. The number of carbonyl (C=O) groups is 1. The van der Waals surface area contributed by atoms with E-state index >= 15 is 0 Å². The second-order valence-corrected chi connectivity index (χ2v) is 9.60. The molecule has 1 saturated heterocycles. The lowest BCUT2D eigenvalue weighted by Crippen LogP contribution is -2.54. The van der Waals surface area contributed by atoms with E-state index < -0.39 is 11.7 Å². The number of amides is 1. The van der Waals surface area contributed by atoms with E-state index in [2.05, 4.69) is 26.3 Å². The van der Waals surface area contributed by atoms with E-state index in [1.54, 1.807) is 24.4 Å². The van der Waals surface area contributed by atoms with Gasteiger partial charge in [-0.3, -0.25) is 0 Å². The Morgan fingerprint density at radius 3 is 2.58 bits per heavy atom. The van der Waals surface area contributed by atoms with Crippen molar-refractivity contribution in [2.75, 3.05) is 18.0 Å². The highest BCUT2D eigenvalue weighted by Crippen LogP contribution is 2.34. The fourth-order valence-electron chi connectivity index (χ4n) is 3.40. The average Bonchev–Trinajstić information content (AvgIpc) is 2.68. The standard InChI is InChI=1S/C22H25Cl2N5O2/c1-21(2,3)31-20(30)28-22(4)8-10-29(11-9-22)17-13-26-19(16(12-25)27-17)14-6-5-7-15(23)18(14)24/h5-7,13H,8-11H2,1-4H3,(H,28,30). The predicted molar refractivity (Wildman–Crippen MR) is 121 cm³/mol. The van der Waals surface area contributed by atoms with Crippen LogP contribution in [0.15, 0.2) is 24.4 Å². The molecule has 164 valence electrons. The molecule has 3 rings (SSSR count). The van der Waals surface area contributed by atoms with Crippen LogP contribution >= 0.6 is 23.2 Å². The molecule has 1 aromatic heterocycles. The first-order valence-corrected chi connectivity index (χ1v) is 10.7. The number of nitriles is 1. The predicted octanol–water partition coefficient (Wildman–Crippen LogP) is 5.21. The fraction of sp³-hybridized carbons (Fsp3) is 0.455. The number of hydrogen-bond acceptors (Lipinski definition) is 6. The summed E-state index contributed by atoms with van der Waals surface area (Å²) in [6, 6.07) is 7.30. The molecule has 1 aliphatic rings. The zero-order chi connectivity index (χ0) is 22.8. The molecule has 7 nitrogen and oxygen atoms in total. The summed E-state index contributed by atoms with van der Waals surface area (Å²) in [6.45, 7) is 8.83. The number of ether oxygens (including phenoxy) is 1. The van der Waals surface area contributed by atoms with Crippen LogP contribution in [0.2, 0.25) is 10.0 Å². The van der Waals surface area contributed by atoms with Crippen LogP contribution in [-0.4, -0.2) is 40.3 Å². The molecule has 0 spiro atoms. The molecule has 9 heteroatoms. The molecule has 1 aliphatic heterocycles. The Labute approximate surface area is 192 Å². The Morgan fingerprint density at radius 1 is 1.29 bits per heavy atom. The minimum absolute atomic E-state index is 0.182. The summed E-state index contributed by atoms with van der Waals surface area (Å²) in [6.07, 6.45) is 2.63. The lowest BCUT2D eigenvalue weighted by Gasteiger charge is -2.40. The SMILES string of the molecule is CC1(NC(=O)OC(C)(C)C)CCN(c2cnc(-c3cccc(Cl)c3Cl)c(C#N)n2)CC1. The Kier molecular flexibility index (Phi) is 6.63. The first kappa shape index (κ1) is 23.1. The van der Waals surface area contributed by atoms with Gasteiger partial charge in [0, 0.05) is 24.2 Å². The summed E-state index contributed by atoms with van der Waals surface area (Å²) in [5.41, 5.74) is 0.225. The minimum Gasteiger partial charge on any atom is -0.444 e. The third-order valence-corrected chi connectivity index (χ3v) is 5.89. The molecule has 1 aromatic carbocycles. The maximum absolute atomic E-state index is 12.2.